The van der Waals surface area contributed by atoms with Crippen molar-refractivity contribution in [2.45, 2.75) is 12.8 Å². The van der Waals surface area contributed by atoms with Crippen LogP contribution in [0.3, 0.4) is 0 Å². The molecule has 0 aliphatic carbocycles. The van der Waals surface area contributed by atoms with E-state index in [1.54, 1.807) is 18.6 Å². The second kappa shape index (κ2) is 7.60. The molecule has 5 aromatic rings. The molecule has 31 heavy (non-hydrogen) atoms. The van der Waals surface area contributed by atoms with Crippen molar-refractivity contribution in [3.05, 3.63) is 78.6 Å². The molecular weight excluding hydrogens is 395 g/mol. The van der Waals surface area contributed by atoms with Crippen LogP contribution in [0.1, 0.15) is 12.0 Å². The SMILES string of the molecule is O=C(O)CCc1cccc(-c2c(F)cnc3[nH]c4cnc(-c5cccnc5)cc4c23)c1. The molecule has 0 aliphatic heterocycles. The summed E-state index contributed by atoms with van der Waals surface area (Å²) in [5.41, 5.74) is 4.84. The highest BCUT2D eigenvalue weighted by Gasteiger charge is 2.17. The van der Waals surface area contributed by atoms with E-state index in [1.807, 2.05) is 42.5 Å². The Kier molecular flexibility index (Phi) is 4.63. The molecule has 5 rings (SSSR count). The van der Waals surface area contributed by atoms with Crippen molar-refractivity contribution < 1.29 is 14.3 Å². The van der Waals surface area contributed by atoms with Gasteiger partial charge in [0.05, 0.1) is 23.6 Å². The van der Waals surface area contributed by atoms with Gasteiger partial charge >= 0.3 is 5.97 Å². The van der Waals surface area contributed by atoms with Gasteiger partial charge in [0.1, 0.15) is 11.5 Å². The van der Waals surface area contributed by atoms with Crippen molar-refractivity contribution in [1.82, 2.24) is 19.9 Å². The van der Waals surface area contributed by atoms with Crippen LogP contribution in [0.2, 0.25) is 0 Å². The summed E-state index contributed by atoms with van der Waals surface area (Å²) in [5, 5.41) is 10.4. The molecular formula is C24H17FN4O2. The third-order valence-corrected chi connectivity index (χ3v) is 5.26. The lowest BCUT2D eigenvalue weighted by Gasteiger charge is -2.08. The number of pyridine rings is 3. The highest BCUT2D eigenvalue weighted by atomic mass is 19.1. The van der Waals surface area contributed by atoms with E-state index in [0.29, 0.717) is 28.6 Å². The Hall–Kier alpha value is -4.13. The van der Waals surface area contributed by atoms with Gasteiger partial charge in [-0.25, -0.2) is 9.37 Å². The predicted molar refractivity (Wildman–Crippen MR) is 116 cm³/mol. The number of carboxylic acid groups (broad SMARTS) is 1. The fourth-order valence-electron chi connectivity index (χ4n) is 3.82. The van der Waals surface area contributed by atoms with Gasteiger partial charge in [0.15, 0.2) is 0 Å². The first-order chi connectivity index (χ1) is 15.1. The topological polar surface area (TPSA) is 91.8 Å². The molecule has 0 aliphatic rings. The van der Waals surface area contributed by atoms with Crippen LogP contribution in [0.25, 0.3) is 44.3 Å². The first-order valence-corrected chi connectivity index (χ1v) is 9.77. The van der Waals surface area contributed by atoms with E-state index < -0.39 is 11.8 Å². The largest absolute Gasteiger partial charge is 0.481 e. The molecule has 6 nitrogen and oxygen atoms in total. The molecule has 4 aromatic heterocycles. The van der Waals surface area contributed by atoms with E-state index in [-0.39, 0.29) is 6.42 Å². The van der Waals surface area contributed by atoms with E-state index in [1.165, 1.54) is 6.20 Å². The summed E-state index contributed by atoms with van der Waals surface area (Å²) >= 11 is 0. The minimum absolute atomic E-state index is 0.0188. The van der Waals surface area contributed by atoms with Crippen molar-refractivity contribution in [2.24, 2.45) is 0 Å². The third kappa shape index (κ3) is 3.50. The molecule has 152 valence electrons. The molecule has 0 saturated carbocycles. The Bertz CT molecular complexity index is 1430. The zero-order valence-electron chi connectivity index (χ0n) is 16.3. The minimum Gasteiger partial charge on any atom is -0.481 e. The highest BCUT2D eigenvalue weighted by Crippen LogP contribution is 2.36. The lowest BCUT2D eigenvalue weighted by atomic mass is 9.97. The van der Waals surface area contributed by atoms with Gasteiger partial charge < -0.3 is 10.1 Å². The summed E-state index contributed by atoms with van der Waals surface area (Å²) < 4.78 is 15.1. The number of nitrogens with zero attached hydrogens (tertiary/aromatic N) is 3. The summed E-state index contributed by atoms with van der Waals surface area (Å²) in [6.45, 7) is 0. The van der Waals surface area contributed by atoms with Gasteiger partial charge in [-0.15, -0.1) is 0 Å². The Morgan fingerprint density at radius 3 is 2.71 bits per heavy atom. The Morgan fingerprint density at radius 2 is 1.90 bits per heavy atom. The van der Waals surface area contributed by atoms with Crippen molar-refractivity contribution >= 4 is 27.9 Å². The van der Waals surface area contributed by atoms with Gasteiger partial charge in [-0.2, -0.15) is 0 Å². The van der Waals surface area contributed by atoms with Crippen molar-refractivity contribution in [3.63, 3.8) is 0 Å². The van der Waals surface area contributed by atoms with E-state index in [4.69, 9.17) is 5.11 Å². The maximum absolute atomic E-state index is 15.1. The van der Waals surface area contributed by atoms with Gasteiger partial charge in [-0.1, -0.05) is 24.3 Å². The number of nitrogens with one attached hydrogen (secondary N) is 1. The number of carboxylic acids is 1. The smallest absolute Gasteiger partial charge is 0.303 e. The number of hydrogen-bond donors (Lipinski definition) is 2. The molecule has 0 saturated heterocycles. The van der Waals surface area contributed by atoms with Crippen molar-refractivity contribution in [1.29, 1.82) is 0 Å². The lowest BCUT2D eigenvalue weighted by Crippen LogP contribution is -1.97. The van der Waals surface area contributed by atoms with Crippen LogP contribution in [0.15, 0.2) is 67.3 Å². The summed E-state index contributed by atoms with van der Waals surface area (Å²) in [6, 6.07) is 13.0. The number of aromatic nitrogens is 4. The summed E-state index contributed by atoms with van der Waals surface area (Å²) in [4.78, 5) is 27.0. The number of benzene rings is 1. The molecule has 0 amide bonds. The van der Waals surface area contributed by atoms with E-state index >= 15 is 4.39 Å². The van der Waals surface area contributed by atoms with Crippen LogP contribution in [-0.4, -0.2) is 31.0 Å². The number of fused-ring (bicyclic) bond motifs is 3. The van der Waals surface area contributed by atoms with Gasteiger partial charge in [0, 0.05) is 40.7 Å². The normalized spacial score (nSPS) is 11.3. The Balaban J connectivity index is 1.72. The number of carbonyl (C=O) groups is 1. The predicted octanol–water partition coefficient (Wildman–Crippen LogP) is 5.00. The molecule has 0 radical (unpaired) electrons. The van der Waals surface area contributed by atoms with Crippen LogP contribution < -0.4 is 0 Å². The highest BCUT2D eigenvalue weighted by molar-refractivity contribution is 6.13. The monoisotopic (exact) mass is 412 g/mol. The maximum atomic E-state index is 15.1. The summed E-state index contributed by atoms with van der Waals surface area (Å²) in [5.74, 6) is -1.31. The first-order valence-electron chi connectivity index (χ1n) is 9.77. The maximum Gasteiger partial charge on any atom is 0.303 e. The molecule has 0 unspecified atom stereocenters. The molecule has 0 bridgehead atoms. The number of aliphatic carboxylic acids is 1. The Labute approximate surface area is 176 Å². The van der Waals surface area contributed by atoms with Crippen molar-refractivity contribution in [3.8, 4) is 22.4 Å². The van der Waals surface area contributed by atoms with E-state index in [2.05, 4.69) is 19.9 Å². The number of halogens is 1. The fraction of sp³-hybridized carbons (Fsp3) is 0.0833. The number of H-pyrrole nitrogens is 1. The average molecular weight is 412 g/mol. The van der Waals surface area contributed by atoms with Gasteiger partial charge in [-0.3, -0.25) is 14.8 Å². The zero-order valence-corrected chi connectivity index (χ0v) is 16.3. The van der Waals surface area contributed by atoms with Crippen LogP contribution in [-0.2, 0) is 11.2 Å². The Morgan fingerprint density at radius 1 is 1.03 bits per heavy atom. The summed E-state index contributed by atoms with van der Waals surface area (Å²) in [7, 11) is 0. The second-order valence-corrected chi connectivity index (χ2v) is 7.28. The second-order valence-electron chi connectivity index (χ2n) is 7.28. The average Bonchev–Trinajstić information content (AvgIpc) is 3.16. The molecule has 4 heterocycles. The first kappa shape index (κ1) is 18.9. The lowest BCUT2D eigenvalue weighted by molar-refractivity contribution is -0.136. The fourth-order valence-corrected chi connectivity index (χ4v) is 3.82. The zero-order chi connectivity index (χ0) is 21.4. The van der Waals surface area contributed by atoms with Crippen LogP contribution in [0.5, 0.6) is 0 Å². The van der Waals surface area contributed by atoms with Crippen molar-refractivity contribution in [2.75, 3.05) is 0 Å². The molecule has 2 N–H and O–H groups in total. The molecule has 0 spiro atoms. The number of hydrogen-bond acceptors (Lipinski definition) is 4. The molecule has 0 atom stereocenters. The van der Waals surface area contributed by atoms with E-state index in [9.17, 15) is 4.79 Å². The minimum atomic E-state index is -0.866. The van der Waals surface area contributed by atoms with Gasteiger partial charge in [0.25, 0.3) is 0 Å². The number of rotatable bonds is 5. The molecule has 0 fully saturated rings. The van der Waals surface area contributed by atoms with E-state index in [0.717, 1.165) is 27.7 Å². The molecule has 7 heteroatoms. The third-order valence-electron chi connectivity index (χ3n) is 5.26. The van der Waals surface area contributed by atoms with Crippen LogP contribution in [0, 0.1) is 5.82 Å². The summed E-state index contributed by atoms with van der Waals surface area (Å²) in [6.07, 6.45) is 6.74. The molecule has 1 aromatic carbocycles. The van der Waals surface area contributed by atoms with Crippen LogP contribution >= 0.6 is 0 Å². The van der Waals surface area contributed by atoms with Gasteiger partial charge in [0.2, 0.25) is 0 Å². The number of aromatic amines is 1. The standard InChI is InChI=1S/C24H17FN4O2/c25-18-12-28-24-23(22(18)15-4-1-3-14(9-15)6-7-21(30)31)17-10-19(27-13-20(17)29-24)16-5-2-8-26-11-16/h1-5,8-13H,6-7H2,(H,28,29)(H,30,31). The quantitative estimate of drug-likeness (QED) is 0.424. The number of aryl methyl sites for hydroxylation is 1. The van der Waals surface area contributed by atoms with Crippen LogP contribution in [0.4, 0.5) is 4.39 Å². The van der Waals surface area contributed by atoms with Gasteiger partial charge in [-0.05, 0) is 35.7 Å².